The Morgan fingerprint density at radius 2 is 2.15 bits per heavy atom. The zero-order valence-corrected chi connectivity index (χ0v) is 13.0. The van der Waals surface area contributed by atoms with Gasteiger partial charge in [0.25, 0.3) is 5.91 Å². The molecule has 0 spiro atoms. The maximum absolute atomic E-state index is 12.3. The molecule has 20 heavy (non-hydrogen) atoms. The van der Waals surface area contributed by atoms with Gasteiger partial charge in [-0.15, -0.1) is 0 Å². The van der Waals surface area contributed by atoms with Crippen molar-refractivity contribution < 1.29 is 4.79 Å². The topological polar surface area (TPSA) is 54.9 Å². The van der Waals surface area contributed by atoms with E-state index in [1.807, 2.05) is 0 Å². The molecule has 0 saturated heterocycles. The largest absolute Gasteiger partial charge is 0.348 e. The molecule has 1 aromatic rings. The molecule has 0 bridgehead atoms. The summed E-state index contributed by atoms with van der Waals surface area (Å²) >= 11 is 5.78. The Bertz CT molecular complexity index is 478. The third kappa shape index (κ3) is 3.69. The summed E-state index contributed by atoms with van der Waals surface area (Å²) in [4.78, 5) is 20.2. The summed E-state index contributed by atoms with van der Waals surface area (Å²) in [7, 11) is 0. The first-order chi connectivity index (χ1) is 9.47. The molecule has 110 valence electrons. The number of carbonyl (C=O) groups is 1. The molecule has 3 unspecified atom stereocenters. The minimum atomic E-state index is -0.176. The molecule has 5 heteroatoms. The molecule has 1 aliphatic rings. The smallest absolute Gasteiger partial charge is 0.271 e. The molecule has 0 aliphatic heterocycles. The highest BCUT2D eigenvalue weighted by Crippen LogP contribution is 2.33. The lowest BCUT2D eigenvalue weighted by Crippen LogP contribution is -2.45. The Morgan fingerprint density at radius 1 is 1.40 bits per heavy atom. The maximum Gasteiger partial charge on any atom is 0.271 e. The fraction of sp³-hybridized carbons (Fsp3) is 0.667. The van der Waals surface area contributed by atoms with Crippen LogP contribution in [0.3, 0.4) is 0 Å². The van der Waals surface area contributed by atoms with Crippen molar-refractivity contribution in [2.45, 2.75) is 46.1 Å². The molecule has 4 nitrogen and oxygen atoms in total. The van der Waals surface area contributed by atoms with Gasteiger partial charge in [-0.25, -0.2) is 4.98 Å². The van der Waals surface area contributed by atoms with Crippen molar-refractivity contribution in [1.29, 1.82) is 0 Å². The standard InChI is InChI=1S/C15H22ClN3O/c1-9(2)11-5-4-10(3)6-12(11)19-15(20)13-7-17-8-14(16)18-13/h7-12H,4-6H2,1-3H3,(H,19,20). The highest BCUT2D eigenvalue weighted by Gasteiger charge is 2.32. The van der Waals surface area contributed by atoms with Gasteiger partial charge in [-0.3, -0.25) is 9.78 Å². The summed E-state index contributed by atoms with van der Waals surface area (Å²) in [5.74, 6) is 1.58. The first-order valence-electron chi connectivity index (χ1n) is 7.25. The SMILES string of the molecule is CC1CCC(C(C)C)C(NC(=O)c2cncc(Cl)n2)C1. The predicted octanol–water partition coefficient (Wildman–Crippen LogP) is 3.32. The van der Waals surface area contributed by atoms with Gasteiger partial charge in [0.1, 0.15) is 10.8 Å². The Kier molecular flexibility index (Phi) is 4.97. The second kappa shape index (κ2) is 6.53. The van der Waals surface area contributed by atoms with Crippen LogP contribution in [0.4, 0.5) is 0 Å². The van der Waals surface area contributed by atoms with Crippen molar-refractivity contribution in [1.82, 2.24) is 15.3 Å². The molecule has 1 fully saturated rings. The van der Waals surface area contributed by atoms with E-state index < -0.39 is 0 Å². The molecule has 1 saturated carbocycles. The van der Waals surface area contributed by atoms with Crippen LogP contribution in [0.15, 0.2) is 12.4 Å². The monoisotopic (exact) mass is 295 g/mol. The van der Waals surface area contributed by atoms with Gasteiger partial charge in [-0.05, 0) is 30.6 Å². The number of carbonyl (C=O) groups excluding carboxylic acids is 1. The molecule has 1 aromatic heterocycles. The first kappa shape index (κ1) is 15.2. The lowest BCUT2D eigenvalue weighted by molar-refractivity contribution is 0.0862. The average Bonchev–Trinajstić information content (AvgIpc) is 2.38. The Labute approximate surface area is 125 Å². The second-order valence-electron chi connectivity index (χ2n) is 6.13. The third-order valence-corrected chi connectivity index (χ3v) is 4.36. The molecule has 2 rings (SSSR count). The molecule has 0 aromatic carbocycles. The number of halogens is 1. The molecule has 3 atom stereocenters. The molecule has 0 radical (unpaired) electrons. The van der Waals surface area contributed by atoms with Gasteiger partial charge in [-0.2, -0.15) is 0 Å². The quantitative estimate of drug-likeness (QED) is 0.930. The number of hydrogen-bond donors (Lipinski definition) is 1. The van der Waals surface area contributed by atoms with Crippen LogP contribution in [-0.2, 0) is 0 Å². The third-order valence-electron chi connectivity index (χ3n) is 4.18. The van der Waals surface area contributed by atoms with Crippen LogP contribution in [0.25, 0.3) is 0 Å². The van der Waals surface area contributed by atoms with Crippen LogP contribution in [0.2, 0.25) is 5.15 Å². The molecule has 1 heterocycles. The minimum Gasteiger partial charge on any atom is -0.348 e. The number of nitrogens with one attached hydrogen (secondary N) is 1. The summed E-state index contributed by atoms with van der Waals surface area (Å²) in [6.07, 6.45) is 6.33. The van der Waals surface area contributed by atoms with Crippen molar-refractivity contribution in [2.75, 3.05) is 0 Å². The van der Waals surface area contributed by atoms with Gasteiger partial charge in [-0.1, -0.05) is 38.8 Å². The van der Waals surface area contributed by atoms with Crippen molar-refractivity contribution in [3.63, 3.8) is 0 Å². The fourth-order valence-electron chi connectivity index (χ4n) is 3.06. The zero-order chi connectivity index (χ0) is 14.7. The van der Waals surface area contributed by atoms with Gasteiger partial charge in [0, 0.05) is 6.04 Å². The van der Waals surface area contributed by atoms with Crippen LogP contribution < -0.4 is 5.32 Å². The summed E-state index contributed by atoms with van der Waals surface area (Å²) in [5.41, 5.74) is 0.290. The van der Waals surface area contributed by atoms with Gasteiger partial charge >= 0.3 is 0 Å². The number of rotatable bonds is 3. The van der Waals surface area contributed by atoms with E-state index >= 15 is 0 Å². The second-order valence-corrected chi connectivity index (χ2v) is 6.52. The first-order valence-corrected chi connectivity index (χ1v) is 7.63. The minimum absolute atomic E-state index is 0.176. The van der Waals surface area contributed by atoms with E-state index in [0.29, 0.717) is 23.4 Å². The van der Waals surface area contributed by atoms with E-state index in [2.05, 4.69) is 36.1 Å². The Balaban J connectivity index is 2.08. The summed E-state index contributed by atoms with van der Waals surface area (Å²) in [6, 6.07) is 0.215. The molecule has 1 N–H and O–H groups in total. The van der Waals surface area contributed by atoms with Crippen molar-refractivity contribution in [3.05, 3.63) is 23.2 Å². The van der Waals surface area contributed by atoms with Gasteiger partial charge in [0.05, 0.1) is 12.4 Å². The lowest BCUT2D eigenvalue weighted by atomic mass is 9.74. The average molecular weight is 296 g/mol. The van der Waals surface area contributed by atoms with Crippen molar-refractivity contribution >= 4 is 17.5 Å². The maximum atomic E-state index is 12.3. The number of aromatic nitrogens is 2. The highest BCUT2D eigenvalue weighted by atomic mass is 35.5. The van der Waals surface area contributed by atoms with Crippen LogP contribution >= 0.6 is 11.6 Å². The molecule has 1 amide bonds. The molecular weight excluding hydrogens is 274 g/mol. The molecule has 1 aliphatic carbocycles. The van der Waals surface area contributed by atoms with Gasteiger partial charge < -0.3 is 5.32 Å². The number of nitrogens with zero attached hydrogens (tertiary/aromatic N) is 2. The van der Waals surface area contributed by atoms with E-state index in [1.54, 1.807) is 0 Å². The van der Waals surface area contributed by atoms with Gasteiger partial charge in [0.15, 0.2) is 0 Å². The van der Waals surface area contributed by atoms with Crippen molar-refractivity contribution in [3.8, 4) is 0 Å². The predicted molar refractivity (Wildman–Crippen MR) is 79.6 cm³/mol. The summed E-state index contributed by atoms with van der Waals surface area (Å²) < 4.78 is 0. The summed E-state index contributed by atoms with van der Waals surface area (Å²) in [6.45, 7) is 6.69. The van der Waals surface area contributed by atoms with E-state index in [9.17, 15) is 4.79 Å². The Morgan fingerprint density at radius 3 is 2.80 bits per heavy atom. The van der Waals surface area contributed by atoms with Gasteiger partial charge in [0.2, 0.25) is 0 Å². The van der Waals surface area contributed by atoms with Crippen LogP contribution in [0.5, 0.6) is 0 Å². The lowest BCUT2D eigenvalue weighted by Gasteiger charge is -2.37. The van der Waals surface area contributed by atoms with E-state index in [4.69, 9.17) is 11.6 Å². The van der Waals surface area contributed by atoms with E-state index in [-0.39, 0.29) is 17.1 Å². The molecular formula is C15H22ClN3O. The number of hydrogen-bond acceptors (Lipinski definition) is 3. The highest BCUT2D eigenvalue weighted by molar-refractivity contribution is 6.29. The van der Waals surface area contributed by atoms with Crippen LogP contribution in [0.1, 0.15) is 50.5 Å². The Hall–Kier alpha value is -1.16. The van der Waals surface area contributed by atoms with Crippen LogP contribution in [-0.4, -0.2) is 21.9 Å². The van der Waals surface area contributed by atoms with Crippen LogP contribution in [0, 0.1) is 17.8 Å². The normalized spacial score (nSPS) is 26.6. The van der Waals surface area contributed by atoms with Crippen molar-refractivity contribution in [2.24, 2.45) is 17.8 Å². The fourth-order valence-corrected chi connectivity index (χ4v) is 3.21. The zero-order valence-electron chi connectivity index (χ0n) is 12.3. The summed E-state index contributed by atoms with van der Waals surface area (Å²) in [5, 5.41) is 3.37. The van der Waals surface area contributed by atoms with E-state index in [0.717, 1.165) is 6.42 Å². The van der Waals surface area contributed by atoms with E-state index in [1.165, 1.54) is 25.2 Å². The number of amides is 1.